The highest BCUT2D eigenvalue weighted by Gasteiger charge is 2.30. The topological polar surface area (TPSA) is 75.0 Å². The van der Waals surface area contributed by atoms with Gasteiger partial charge in [0, 0.05) is 17.7 Å². The number of carbonyl (C=O) groups excluding carboxylic acids is 1. The summed E-state index contributed by atoms with van der Waals surface area (Å²) in [6.07, 6.45) is 2.45. The number of anilines is 1. The van der Waals surface area contributed by atoms with Crippen molar-refractivity contribution in [2.45, 2.75) is 25.7 Å². The molecule has 1 aromatic heterocycles. The van der Waals surface area contributed by atoms with Crippen molar-refractivity contribution in [3.8, 4) is 17.2 Å². The summed E-state index contributed by atoms with van der Waals surface area (Å²) in [4.78, 5) is 16.4. The minimum Gasteiger partial charge on any atom is -0.449 e. The van der Waals surface area contributed by atoms with Crippen LogP contribution in [0.25, 0.3) is 11.1 Å². The fourth-order valence-electron chi connectivity index (χ4n) is 3.93. The number of fused-ring (bicyclic) bond motifs is 3. The van der Waals surface area contributed by atoms with Crippen LogP contribution in [-0.4, -0.2) is 17.7 Å². The Hall–Kier alpha value is -3.07. The first kappa shape index (κ1) is 21.2. The molecule has 0 aliphatic heterocycles. The summed E-state index contributed by atoms with van der Waals surface area (Å²) in [7, 11) is 0. The van der Waals surface area contributed by atoms with Crippen molar-refractivity contribution < 1.29 is 9.53 Å². The number of benzene rings is 2. The van der Waals surface area contributed by atoms with Crippen LogP contribution in [0.2, 0.25) is 10.0 Å². The molecule has 0 fully saturated rings. The Kier molecular flexibility index (Phi) is 6.13. The molecule has 0 saturated heterocycles. The molecule has 31 heavy (non-hydrogen) atoms. The van der Waals surface area contributed by atoms with Gasteiger partial charge in [0.15, 0.2) is 5.82 Å². The van der Waals surface area contributed by atoms with E-state index in [-0.39, 0.29) is 11.7 Å². The highest BCUT2D eigenvalue weighted by molar-refractivity contribution is 6.42. The van der Waals surface area contributed by atoms with Crippen LogP contribution in [-0.2, 0) is 11.2 Å². The van der Waals surface area contributed by atoms with Crippen LogP contribution in [0.4, 0.5) is 10.6 Å². The number of carbonyl (C=O) groups is 1. The molecule has 1 atom stereocenters. The fourth-order valence-corrected chi connectivity index (χ4v) is 4.24. The first-order chi connectivity index (χ1) is 15.0. The predicted octanol–water partition coefficient (Wildman–Crippen LogP) is 6.57. The second-order valence-electron chi connectivity index (χ2n) is 7.27. The van der Waals surface area contributed by atoms with Crippen molar-refractivity contribution in [2.24, 2.45) is 0 Å². The second kappa shape index (κ2) is 8.97. The molecule has 156 valence electrons. The van der Waals surface area contributed by atoms with E-state index >= 15 is 0 Å². The van der Waals surface area contributed by atoms with E-state index in [1.165, 1.54) is 0 Å². The molecule has 2 aromatic carbocycles. The van der Waals surface area contributed by atoms with Crippen molar-refractivity contribution in [1.82, 2.24) is 4.98 Å². The molecule has 7 heteroatoms. The van der Waals surface area contributed by atoms with Crippen LogP contribution in [0.5, 0.6) is 0 Å². The third kappa shape index (κ3) is 4.10. The van der Waals surface area contributed by atoms with E-state index in [1.807, 2.05) is 37.3 Å². The zero-order valence-electron chi connectivity index (χ0n) is 16.8. The summed E-state index contributed by atoms with van der Waals surface area (Å²) in [5.41, 5.74) is 5.09. The number of amides is 1. The van der Waals surface area contributed by atoms with Crippen molar-refractivity contribution in [1.29, 1.82) is 5.26 Å². The Morgan fingerprint density at radius 3 is 2.81 bits per heavy atom. The van der Waals surface area contributed by atoms with Crippen LogP contribution in [0.3, 0.4) is 0 Å². The van der Waals surface area contributed by atoms with E-state index in [4.69, 9.17) is 27.9 Å². The van der Waals surface area contributed by atoms with E-state index in [9.17, 15) is 10.1 Å². The smallest absolute Gasteiger partial charge is 0.412 e. The number of halogens is 2. The van der Waals surface area contributed by atoms with Crippen LogP contribution >= 0.6 is 23.2 Å². The Balaban J connectivity index is 1.80. The van der Waals surface area contributed by atoms with Gasteiger partial charge < -0.3 is 4.74 Å². The third-order valence-corrected chi connectivity index (χ3v) is 6.04. The zero-order chi connectivity index (χ0) is 22.0. The zero-order valence-corrected chi connectivity index (χ0v) is 18.3. The molecule has 0 radical (unpaired) electrons. The van der Waals surface area contributed by atoms with Gasteiger partial charge in [-0.05, 0) is 47.2 Å². The van der Waals surface area contributed by atoms with Gasteiger partial charge in [0.25, 0.3) is 0 Å². The maximum absolute atomic E-state index is 12.0. The number of hydrogen-bond donors (Lipinski definition) is 1. The van der Waals surface area contributed by atoms with Crippen LogP contribution in [0.15, 0.2) is 48.7 Å². The van der Waals surface area contributed by atoms with Crippen molar-refractivity contribution in [3.63, 3.8) is 0 Å². The number of pyridine rings is 1. The van der Waals surface area contributed by atoms with Gasteiger partial charge in [0.2, 0.25) is 0 Å². The SMILES string of the molecule is CCCOC(=O)Nc1ncc2c(c1C#N)-c1ccccc1C(c1ccc(Cl)c(Cl)c1)C2. The standard InChI is InChI=1S/C24H19Cl2N3O2/c1-2-9-31-24(30)29-23-19(12-27)22-15(13-28-23)10-18(16-5-3-4-6-17(16)22)14-7-8-20(25)21(26)11-14/h3-8,11,13,18H,2,9-10H2,1H3,(H,28,29,30). The highest BCUT2D eigenvalue weighted by atomic mass is 35.5. The van der Waals surface area contributed by atoms with Gasteiger partial charge in [-0.3, -0.25) is 5.32 Å². The molecule has 1 aliphatic carbocycles. The van der Waals surface area contributed by atoms with E-state index < -0.39 is 6.09 Å². The molecule has 4 rings (SSSR count). The molecule has 1 heterocycles. The maximum atomic E-state index is 12.0. The first-order valence-corrected chi connectivity index (χ1v) is 10.7. The lowest BCUT2D eigenvalue weighted by atomic mass is 9.75. The minimum atomic E-state index is -0.622. The predicted molar refractivity (Wildman–Crippen MR) is 122 cm³/mol. The van der Waals surface area contributed by atoms with Crippen molar-refractivity contribution >= 4 is 35.1 Å². The molecule has 1 unspecified atom stereocenters. The van der Waals surface area contributed by atoms with Gasteiger partial charge in [0.05, 0.1) is 16.7 Å². The van der Waals surface area contributed by atoms with Gasteiger partial charge in [0.1, 0.15) is 11.6 Å². The molecule has 0 saturated carbocycles. The molecule has 5 nitrogen and oxygen atoms in total. The summed E-state index contributed by atoms with van der Waals surface area (Å²) in [5, 5.41) is 13.5. The van der Waals surface area contributed by atoms with E-state index in [1.54, 1.807) is 12.3 Å². The van der Waals surface area contributed by atoms with Crippen LogP contribution < -0.4 is 5.32 Å². The summed E-state index contributed by atoms with van der Waals surface area (Å²) >= 11 is 12.4. The average molecular weight is 452 g/mol. The molecule has 0 bridgehead atoms. The van der Waals surface area contributed by atoms with Crippen molar-refractivity contribution in [2.75, 3.05) is 11.9 Å². The van der Waals surface area contributed by atoms with Gasteiger partial charge in [-0.15, -0.1) is 0 Å². The second-order valence-corrected chi connectivity index (χ2v) is 8.09. The summed E-state index contributed by atoms with van der Waals surface area (Å²) in [6, 6.07) is 15.8. The number of nitrogens with zero attached hydrogens (tertiary/aromatic N) is 2. The average Bonchev–Trinajstić information content (AvgIpc) is 2.79. The number of hydrogen-bond acceptors (Lipinski definition) is 4. The highest BCUT2D eigenvalue weighted by Crippen LogP contribution is 2.45. The molecular weight excluding hydrogens is 433 g/mol. The molecule has 0 spiro atoms. The van der Waals surface area contributed by atoms with Crippen LogP contribution in [0.1, 0.15) is 41.5 Å². The Morgan fingerprint density at radius 2 is 2.06 bits per heavy atom. The quantitative estimate of drug-likeness (QED) is 0.486. The lowest BCUT2D eigenvalue weighted by Crippen LogP contribution is -2.19. The monoisotopic (exact) mass is 451 g/mol. The Labute approximate surface area is 190 Å². The van der Waals surface area contributed by atoms with E-state index in [0.29, 0.717) is 35.1 Å². The maximum Gasteiger partial charge on any atom is 0.412 e. The lowest BCUT2D eigenvalue weighted by molar-refractivity contribution is 0.161. The number of nitrogens with one attached hydrogen (secondary N) is 1. The largest absolute Gasteiger partial charge is 0.449 e. The molecule has 3 aromatic rings. The number of ether oxygens (including phenoxy) is 1. The first-order valence-electron chi connectivity index (χ1n) is 9.93. The van der Waals surface area contributed by atoms with E-state index in [0.717, 1.165) is 27.8 Å². The molecular formula is C24H19Cl2N3O2. The molecule has 1 aliphatic rings. The van der Waals surface area contributed by atoms with Crippen LogP contribution in [0, 0.1) is 11.3 Å². The summed E-state index contributed by atoms with van der Waals surface area (Å²) in [5.74, 6) is 0.241. The summed E-state index contributed by atoms with van der Waals surface area (Å²) < 4.78 is 5.08. The normalized spacial score (nSPS) is 14.2. The molecule has 1 amide bonds. The number of aromatic nitrogens is 1. The number of nitriles is 1. The molecule has 1 N–H and O–H groups in total. The van der Waals surface area contributed by atoms with Gasteiger partial charge >= 0.3 is 6.09 Å². The summed E-state index contributed by atoms with van der Waals surface area (Å²) in [6.45, 7) is 2.21. The number of rotatable bonds is 4. The Bertz CT molecular complexity index is 1200. The van der Waals surface area contributed by atoms with Gasteiger partial charge in [-0.25, -0.2) is 9.78 Å². The Morgan fingerprint density at radius 1 is 1.26 bits per heavy atom. The fraction of sp³-hybridized carbons (Fsp3) is 0.208. The van der Waals surface area contributed by atoms with E-state index in [2.05, 4.69) is 22.4 Å². The van der Waals surface area contributed by atoms with Gasteiger partial charge in [-0.1, -0.05) is 60.5 Å². The van der Waals surface area contributed by atoms with Gasteiger partial charge in [-0.2, -0.15) is 5.26 Å². The van der Waals surface area contributed by atoms with Crippen molar-refractivity contribution in [3.05, 3.63) is 81.0 Å². The third-order valence-electron chi connectivity index (χ3n) is 5.30. The minimum absolute atomic E-state index is 0.0418. The lowest BCUT2D eigenvalue weighted by Gasteiger charge is -2.29.